The lowest BCUT2D eigenvalue weighted by molar-refractivity contribution is -0.137. The Balaban J connectivity index is 1.60. The number of nitrogens with one attached hydrogen (secondary N) is 1. The Morgan fingerprint density at radius 1 is 1.15 bits per heavy atom. The molecule has 0 saturated carbocycles. The molecule has 26 heavy (non-hydrogen) atoms. The second-order valence-corrected chi connectivity index (χ2v) is 6.63. The number of aliphatic carboxylic acids is 1. The third-order valence-corrected chi connectivity index (χ3v) is 4.85. The summed E-state index contributed by atoms with van der Waals surface area (Å²) < 4.78 is 0. The smallest absolute Gasteiger partial charge is 0.303 e. The van der Waals surface area contributed by atoms with Crippen LogP contribution in [0.1, 0.15) is 31.2 Å². The molecule has 0 amide bonds. The fraction of sp³-hybridized carbons (Fsp3) is 0.368. The summed E-state index contributed by atoms with van der Waals surface area (Å²) in [5.41, 5.74) is 7.86. The number of nitrogen functional groups attached to an aromatic ring is 1. The Bertz CT molecular complexity index is 766. The van der Waals surface area contributed by atoms with E-state index >= 15 is 0 Å². The molecule has 1 aromatic heterocycles. The predicted octanol–water partition coefficient (Wildman–Crippen LogP) is 2.51. The molecule has 1 fully saturated rings. The average molecular weight is 353 g/mol. The van der Waals surface area contributed by atoms with Crippen LogP contribution in [0.15, 0.2) is 36.4 Å². The van der Waals surface area contributed by atoms with Gasteiger partial charge in [-0.05, 0) is 37.3 Å². The van der Waals surface area contributed by atoms with Crippen molar-refractivity contribution in [1.29, 1.82) is 5.41 Å². The quantitative estimate of drug-likeness (QED) is 0.543. The minimum Gasteiger partial charge on any atom is -0.481 e. The van der Waals surface area contributed by atoms with Crippen LogP contribution < -0.4 is 10.6 Å². The maximum atomic E-state index is 10.7. The van der Waals surface area contributed by atoms with Crippen molar-refractivity contribution in [1.82, 2.24) is 10.2 Å². The van der Waals surface area contributed by atoms with E-state index in [2.05, 4.69) is 15.1 Å². The third kappa shape index (κ3) is 4.36. The van der Waals surface area contributed by atoms with E-state index in [4.69, 9.17) is 16.2 Å². The van der Waals surface area contributed by atoms with Gasteiger partial charge in [-0.3, -0.25) is 10.2 Å². The Kier molecular flexibility index (Phi) is 5.46. The predicted molar refractivity (Wildman–Crippen MR) is 100 cm³/mol. The lowest BCUT2D eigenvalue weighted by Crippen LogP contribution is -2.34. The Labute approximate surface area is 152 Å². The molecular formula is C19H23N5O2. The van der Waals surface area contributed by atoms with Crippen LogP contribution in [0.3, 0.4) is 0 Å². The molecule has 1 saturated heterocycles. The van der Waals surface area contributed by atoms with Gasteiger partial charge in [-0.15, -0.1) is 10.2 Å². The zero-order valence-electron chi connectivity index (χ0n) is 14.6. The topological polar surface area (TPSA) is 116 Å². The van der Waals surface area contributed by atoms with Gasteiger partial charge in [0, 0.05) is 30.6 Å². The highest BCUT2D eigenvalue weighted by Crippen LogP contribution is 2.26. The zero-order valence-corrected chi connectivity index (χ0v) is 14.6. The van der Waals surface area contributed by atoms with E-state index in [0.29, 0.717) is 11.5 Å². The number of carboxylic acid groups (broad SMARTS) is 1. The van der Waals surface area contributed by atoms with Gasteiger partial charge in [0.1, 0.15) is 5.84 Å². The van der Waals surface area contributed by atoms with E-state index in [1.807, 2.05) is 24.3 Å². The van der Waals surface area contributed by atoms with Crippen LogP contribution in [0.25, 0.3) is 11.3 Å². The van der Waals surface area contributed by atoms with Gasteiger partial charge in [0.15, 0.2) is 5.82 Å². The second kappa shape index (κ2) is 7.95. The van der Waals surface area contributed by atoms with E-state index < -0.39 is 5.97 Å². The molecule has 1 aliphatic heterocycles. The van der Waals surface area contributed by atoms with Crippen LogP contribution in [0.5, 0.6) is 0 Å². The molecule has 2 aromatic rings. The minimum absolute atomic E-state index is 0.0461. The monoisotopic (exact) mass is 353 g/mol. The first-order valence-electron chi connectivity index (χ1n) is 8.78. The number of hydrogen-bond acceptors (Lipinski definition) is 5. The summed E-state index contributed by atoms with van der Waals surface area (Å²) in [5, 5.41) is 24.9. The summed E-state index contributed by atoms with van der Waals surface area (Å²) in [6, 6.07) is 11.3. The van der Waals surface area contributed by atoms with Gasteiger partial charge in [-0.2, -0.15) is 0 Å². The first kappa shape index (κ1) is 17.8. The van der Waals surface area contributed by atoms with E-state index in [1.54, 1.807) is 12.1 Å². The summed E-state index contributed by atoms with van der Waals surface area (Å²) >= 11 is 0. The molecule has 0 bridgehead atoms. The molecule has 7 nitrogen and oxygen atoms in total. The largest absolute Gasteiger partial charge is 0.481 e. The number of nitrogens with two attached hydrogens (primary N) is 1. The number of amidine groups is 1. The summed E-state index contributed by atoms with van der Waals surface area (Å²) in [6.07, 6.45) is 2.98. The minimum atomic E-state index is -0.717. The van der Waals surface area contributed by atoms with Crippen molar-refractivity contribution >= 4 is 17.6 Å². The molecule has 0 radical (unpaired) electrons. The highest BCUT2D eigenvalue weighted by Gasteiger charge is 2.21. The van der Waals surface area contributed by atoms with Crippen molar-refractivity contribution in [3.63, 3.8) is 0 Å². The first-order valence-corrected chi connectivity index (χ1v) is 8.78. The number of anilines is 1. The van der Waals surface area contributed by atoms with E-state index in [-0.39, 0.29) is 12.3 Å². The van der Waals surface area contributed by atoms with Crippen LogP contribution >= 0.6 is 0 Å². The summed E-state index contributed by atoms with van der Waals surface area (Å²) in [7, 11) is 0. The standard InChI is InChI=1S/C19H23N5O2/c20-19(21)15-4-2-14(3-5-15)16-6-7-17(23-22-16)24-11-9-13(10-12-24)1-8-18(25)26/h2-7,13H,1,8-12H2,(H3,20,21)(H,25,26). The molecular weight excluding hydrogens is 330 g/mol. The van der Waals surface area contributed by atoms with Crippen LogP contribution in [0.2, 0.25) is 0 Å². The molecule has 0 unspecified atom stereocenters. The molecule has 7 heteroatoms. The molecule has 1 aliphatic rings. The SMILES string of the molecule is N=C(N)c1ccc(-c2ccc(N3CCC(CCC(=O)O)CC3)nn2)cc1. The van der Waals surface area contributed by atoms with Gasteiger partial charge < -0.3 is 15.7 Å². The van der Waals surface area contributed by atoms with Crippen LogP contribution in [-0.4, -0.2) is 40.2 Å². The molecule has 4 N–H and O–H groups in total. The molecule has 0 spiro atoms. The molecule has 0 atom stereocenters. The fourth-order valence-corrected chi connectivity index (χ4v) is 3.25. The number of benzene rings is 1. The number of carbonyl (C=O) groups is 1. The molecule has 3 rings (SSSR count). The van der Waals surface area contributed by atoms with E-state index in [0.717, 1.165) is 49.4 Å². The molecule has 1 aromatic carbocycles. The van der Waals surface area contributed by atoms with E-state index in [9.17, 15) is 4.79 Å². The second-order valence-electron chi connectivity index (χ2n) is 6.63. The van der Waals surface area contributed by atoms with Gasteiger partial charge in [0.2, 0.25) is 0 Å². The maximum Gasteiger partial charge on any atom is 0.303 e. The number of rotatable bonds is 6. The third-order valence-electron chi connectivity index (χ3n) is 4.85. The normalized spacial score (nSPS) is 15.0. The van der Waals surface area contributed by atoms with Gasteiger partial charge in [0.25, 0.3) is 0 Å². The lowest BCUT2D eigenvalue weighted by atomic mass is 9.92. The molecule has 2 heterocycles. The zero-order chi connectivity index (χ0) is 18.5. The Morgan fingerprint density at radius 2 is 1.85 bits per heavy atom. The summed E-state index contributed by atoms with van der Waals surface area (Å²) in [5.74, 6) is 0.662. The number of nitrogens with zero attached hydrogens (tertiary/aromatic N) is 3. The molecule has 136 valence electrons. The molecule has 0 aliphatic carbocycles. The van der Waals surface area contributed by atoms with Gasteiger partial charge in [-0.1, -0.05) is 24.3 Å². The maximum absolute atomic E-state index is 10.7. The van der Waals surface area contributed by atoms with Gasteiger partial charge in [0.05, 0.1) is 5.69 Å². The number of carboxylic acids is 1. The summed E-state index contributed by atoms with van der Waals surface area (Å²) in [6.45, 7) is 1.76. The van der Waals surface area contributed by atoms with Crippen molar-refractivity contribution in [2.24, 2.45) is 11.7 Å². The van der Waals surface area contributed by atoms with Gasteiger partial charge >= 0.3 is 5.97 Å². The lowest BCUT2D eigenvalue weighted by Gasteiger charge is -2.32. The van der Waals surface area contributed by atoms with Crippen molar-refractivity contribution in [3.05, 3.63) is 42.0 Å². The van der Waals surface area contributed by atoms with Crippen molar-refractivity contribution in [3.8, 4) is 11.3 Å². The van der Waals surface area contributed by atoms with Crippen molar-refractivity contribution in [2.75, 3.05) is 18.0 Å². The number of piperidine rings is 1. The average Bonchev–Trinajstić information content (AvgIpc) is 2.67. The van der Waals surface area contributed by atoms with Crippen molar-refractivity contribution < 1.29 is 9.90 Å². The van der Waals surface area contributed by atoms with Crippen LogP contribution in [0.4, 0.5) is 5.82 Å². The summed E-state index contributed by atoms with van der Waals surface area (Å²) in [4.78, 5) is 12.9. The van der Waals surface area contributed by atoms with Crippen LogP contribution in [0, 0.1) is 11.3 Å². The first-order chi connectivity index (χ1) is 12.5. The fourth-order valence-electron chi connectivity index (χ4n) is 3.25. The number of aromatic nitrogens is 2. The highest BCUT2D eigenvalue weighted by atomic mass is 16.4. The highest BCUT2D eigenvalue weighted by molar-refractivity contribution is 5.95. The van der Waals surface area contributed by atoms with E-state index in [1.165, 1.54) is 0 Å². The Hall–Kier alpha value is -2.96. The van der Waals surface area contributed by atoms with Crippen LogP contribution in [-0.2, 0) is 4.79 Å². The number of hydrogen-bond donors (Lipinski definition) is 3. The Morgan fingerprint density at radius 3 is 2.38 bits per heavy atom. The van der Waals surface area contributed by atoms with Crippen molar-refractivity contribution in [2.45, 2.75) is 25.7 Å². The van der Waals surface area contributed by atoms with Gasteiger partial charge in [-0.25, -0.2) is 0 Å².